The minimum absolute atomic E-state index is 0.142. The summed E-state index contributed by atoms with van der Waals surface area (Å²) in [6.07, 6.45) is 4.01. The molecule has 0 amide bonds. The number of carbonyl (C=O) groups is 1. The van der Waals surface area contributed by atoms with Gasteiger partial charge in [-0.15, -0.1) is 0 Å². The van der Waals surface area contributed by atoms with Crippen LogP contribution in [0.5, 0.6) is 0 Å². The number of hydrogen-bond acceptors (Lipinski definition) is 6. The van der Waals surface area contributed by atoms with Crippen LogP contribution in [0.3, 0.4) is 0 Å². The van der Waals surface area contributed by atoms with E-state index in [1.165, 1.54) is 0 Å². The molecule has 2 heterocycles. The topological polar surface area (TPSA) is 99.5 Å². The predicted octanol–water partition coefficient (Wildman–Crippen LogP) is -1.61. The number of esters is 1. The van der Waals surface area contributed by atoms with Gasteiger partial charge in [-0.1, -0.05) is 6.92 Å². The molecule has 1 aromatic heterocycles. The first-order valence-electron chi connectivity index (χ1n) is 5.87. The van der Waals surface area contributed by atoms with Gasteiger partial charge in [0, 0.05) is 29.1 Å². The molecule has 7 nitrogen and oxygen atoms in total. The van der Waals surface area contributed by atoms with E-state index in [2.05, 4.69) is 4.98 Å². The number of aromatic nitrogens is 2. The van der Waals surface area contributed by atoms with Crippen LogP contribution >= 0.6 is 0 Å². The number of imidazole rings is 1. The third-order valence-electron chi connectivity index (χ3n) is 3.52. The lowest BCUT2D eigenvalue weighted by atomic mass is 9.84. The Hall–Kier alpha value is -1.15. The first-order chi connectivity index (χ1) is 8.99. The molecule has 8 heteroatoms. The van der Waals surface area contributed by atoms with Crippen molar-refractivity contribution in [2.24, 2.45) is 13.0 Å². The molecule has 0 N–H and O–H groups in total. The van der Waals surface area contributed by atoms with Gasteiger partial charge in [-0.05, 0) is 12.8 Å². The fourth-order valence-electron chi connectivity index (χ4n) is 2.35. The van der Waals surface area contributed by atoms with Crippen molar-refractivity contribution in [3.8, 4) is 0 Å². The Morgan fingerprint density at radius 2 is 2.42 bits per heavy atom. The van der Waals surface area contributed by atoms with Crippen LogP contribution in [0.15, 0.2) is 12.5 Å². The van der Waals surface area contributed by atoms with Crippen molar-refractivity contribution < 1.29 is 33.9 Å². The minimum atomic E-state index is -2.41. The molecule has 0 bridgehead atoms. The Balaban J connectivity index is 2.23. The Labute approximate surface area is 113 Å². The Kier molecular flexibility index (Phi) is 4.10. The smallest absolute Gasteiger partial charge is 0.350 e. The summed E-state index contributed by atoms with van der Waals surface area (Å²) in [7, 11) is -0.582. The van der Waals surface area contributed by atoms with E-state index in [4.69, 9.17) is 9.03 Å². The van der Waals surface area contributed by atoms with Gasteiger partial charge in [-0.3, -0.25) is 0 Å². The number of halogens is 1. The predicted molar refractivity (Wildman–Crippen MR) is 55.5 cm³/mol. The van der Waals surface area contributed by atoms with E-state index in [1.54, 1.807) is 19.4 Å². The van der Waals surface area contributed by atoms with Gasteiger partial charge in [-0.2, -0.15) is 0 Å². The summed E-state index contributed by atoms with van der Waals surface area (Å²) >= 11 is 0. The number of hydrogen-bond donors (Lipinski definition) is 0. The summed E-state index contributed by atoms with van der Waals surface area (Å²) in [4.78, 5) is 15.8. The summed E-state index contributed by atoms with van der Waals surface area (Å²) in [5.41, 5.74) is -0.550. The van der Waals surface area contributed by atoms with Crippen molar-refractivity contribution in [3.63, 3.8) is 0 Å². The van der Waals surface area contributed by atoms with Crippen molar-refractivity contribution >= 4 is 5.97 Å². The molecule has 2 atom stereocenters. The van der Waals surface area contributed by atoms with Crippen LogP contribution in [0.4, 0.5) is 0 Å². The van der Waals surface area contributed by atoms with E-state index in [9.17, 15) is 14.1 Å². The van der Waals surface area contributed by atoms with E-state index < -0.39 is 22.4 Å². The van der Waals surface area contributed by atoms with Gasteiger partial charge in [0.25, 0.3) is 16.4 Å². The maximum atomic E-state index is 11.8. The monoisotopic (exact) mass is 290 g/mol. The van der Waals surface area contributed by atoms with Crippen LogP contribution in [0.1, 0.15) is 19.0 Å². The number of aryl methyl sites for hydroxylation is 1. The van der Waals surface area contributed by atoms with E-state index >= 15 is 0 Å². The molecule has 1 aliphatic rings. The molecule has 0 aromatic carbocycles. The third kappa shape index (κ3) is 2.59. The van der Waals surface area contributed by atoms with Gasteiger partial charge in [-0.25, -0.2) is 9.78 Å². The second-order valence-electron chi connectivity index (χ2n) is 4.50. The molecule has 2 rings (SSSR count). The quantitative estimate of drug-likeness (QED) is 0.605. The number of rotatable bonds is 5. The van der Waals surface area contributed by atoms with E-state index in [1.807, 2.05) is 11.6 Å². The molecular formula is C11H15ClN2O5. The van der Waals surface area contributed by atoms with Crippen molar-refractivity contribution in [2.75, 3.05) is 6.61 Å². The second-order valence-corrected chi connectivity index (χ2v) is 5.04. The molecule has 1 aromatic rings. The molecule has 0 saturated carbocycles. The third-order valence-corrected chi connectivity index (χ3v) is 3.92. The van der Waals surface area contributed by atoms with Gasteiger partial charge in [0.2, 0.25) is 0 Å². The van der Waals surface area contributed by atoms with Gasteiger partial charge in [0.05, 0.1) is 12.9 Å². The lowest BCUT2D eigenvalue weighted by Gasteiger charge is -2.22. The molecule has 1 aliphatic heterocycles. The highest BCUT2D eigenvalue weighted by Gasteiger charge is 2.60. The SMILES string of the molecule is CC[C@@]1(O[Cl+2]([O-])[O-])C(=O)OC[C@H]1Cc1cncn1C. The fraction of sp³-hybridized carbons (Fsp3) is 0.636. The van der Waals surface area contributed by atoms with Crippen LogP contribution in [0.25, 0.3) is 0 Å². The Morgan fingerprint density at radius 1 is 1.68 bits per heavy atom. The Morgan fingerprint density at radius 3 is 2.95 bits per heavy atom. The highest BCUT2D eigenvalue weighted by Crippen LogP contribution is 2.36. The van der Waals surface area contributed by atoms with Crippen LogP contribution < -0.4 is 9.32 Å². The molecule has 0 unspecified atom stereocenters. The fourth-order valence-corrected chi connectivity index (χ4v) is 2.87. The minimum Gasteiger partial charge on any atom is -0.463 e. The van der Waals surface area contributed by atoms with Crippen molar-refractivity contribution in [3.05, 3.63) is 18.2 Å². The average Bonchev–Trinajstić information content (AvgIpc) is 2.88. The molecule has 0 spiro atoms. The van der Waals surface area contributed by atoms with Crippen LogP contribution in [-0.4, -0.2) is 27.7 Å². The first-order valence-corrected chi connectivity index (χ1v) is 6.79. The molecule has 0 radical (unpaired) electrons. The molecular weight excluding hydrogens is 276 g/mol. The van der Waals surface area contributed by atoms with Crippen molar-refractivity contribution in [2.45, 2.75) is 25.4 Å². The highest BCUT2D eigenvalue weighted by molar-refractivity contribution is 5.82. The second kappa shape index (κ2) is 5.46. The summed E-state index contributed by atoms with van der Waals surface area (Å²) in [5.74, 6) is -0.986. The lowest BCUT2D eigenvalue weighted by molar-refractivity contribution is -1.63. The summed E-state index contributed by atoms with van der Waals surface area (Å²) in [6, 6.07) is 0. The lowest BCUT2D eigenvalue weighted by Crippen LogP contribution is -2.51. The van der Waals surface area contributed by atoms with Gasteiger partial charge in [0.1, 0.15) is 0 Å². The maximum absolute atomic E-state index is 11.8. The largest absolute Gasteiger partial charge is 0.463 e. The first kappa shape index (κ1) is 14.3. The highest BCUT2D eigenvalue weighted by atomic mass is 35.6. The number of cyclic esters (lactones) is 1. The van der Waals surface area contributed by atoms with Crippen LogP contribution in [0.2, 0.25) is 0 Å². The summed E-state index contributed by atoms with van der Waals surface area (Å²) < 4.78 is 33.2. The molecule has 0 aliphatic carbocycles. The van der Waals surface area contributed by atoms with E-state index in [0.29, 0.717) is 6.42 Å². The molecule has 1 saturated heterocycles. The number of ether oxygens (including phenoxy) is 1. The number of nitrogens with zero attached hydrogens (tertiary/aromatic N) is 2. The molecule has 106 valence electrons. The van der Waals surface area contributed by atoms with Gasteiger partial charge in [0.15, 0.2) is 0 Å². The summed E-state index contributed by atoms with van der Waals surface area (Å²) in [5, 5.41) is 0. The van der Waals surface area contributed by atoms with Gasteiger partial charge < -0.3 is 18.6 Å². The Bertz CT molecular complexity index is 464. The van der Waals surface area contributed by atoms with Crippen LogP contribution in [0, 0.1) is 16.7 Å². The standard InChI is InChI=1S/C11H15ClN2O5/c1-3-11(19-12(16)17)8(6-18-10(11)15)4-9-5-13-7-14(9)2/h5,7-8H,3-4,6H2,1-2H3/t8-,11+/m1/s1. The number of carbonyl (C=O) groups excluding carboxylic acids is 1. The van der Waals surface area contributed by atoms with Gasteiger partial charge >= 0.3 is 5.97 Å². The van der Waals surface area contributed by atoms with E-state index in [0.717, 1.165) is 5.69 Å². The maximum Gasteiger partial charge on any atom is 0.350 e. The summed E-state index contributed by atoms with van der Waals surface area (Å²) in [6.45, 7) is 1.84. The van der Waals surface area contributed by atoms with E-state index in [-0.39, 0.29) is 18.9 Å². The zero-order valence-electron chi connectivity index (χ0n) is 10.7. The van der Waals surface area contributed by atoms with Crippen molar-refractivity contribution in [1.29, 1.82) is 0 Å². The van der Waals surface area contributed by atoms with Crippen molar-refractivity contribution in [1.82, 2.24) is 9.55 Å². The average molecular weight is 291 g/mol. The molecule has 1 fully saturated rings. The zero-order valence-corrected chi connectivity index (χ0v) is 11.4. The van der Waals surface area contributed by atoms with Crippen LogP contribution in [-0.2, 0) is 27.3 Å². The molecule has 19 heavy (non-hydrogen) atoms. The zero-order chi connectivity index (χ0) is 14.0. The normalized spacial score (nSPS) is 27.0.